The van der Waals surface area contributed by atoms with Crippen LogP contribution in [0.1, 0.15) is 52.8 Å². The molecule has 0 aliphatic carbocycles. The standard InChI is InChI=1S/C18H29N3/c1-5-14(12-13-19)10-11-17-20-15-8-6-7-9-16(15)21(17)18(2,3)4/h6-9,14H,5,10-13,19H2,1-4H3. The molecule has 1 atom stereocenters. The Balaban J connectivity index is 2.30. The number of hydrogen-bond donors (Lipinski definition) is 1. The molecule has 0 fully saturated rings. The summed E-state index contributed by atoms with van der Waals surface area (Å²) in [5.74, 6) is 1.92. The number of nitrogens with zero attached hydrogens (tertiary/aromatic N) is 2. The molecule has 3 nitrogen and oxygen atoms in total. The summed E-state index contributed by atoms with van der Waals surface area (Å²) in [4.78, 5) is 4.88. The zero-order valence-corrected chi connectivity index (χ0v) is 13.9. The molecule has 1 unspecified atom stereocenters. The van der Waals surface area contributed by atoms with Crippen molar-refractivity contribution in [3.8, 4) is 0 Å². The second-order valence-electron chi connectivity index (χ2n) is 6.91. The van der Waals surface area contributed by atoms with Crippen LogP contribution in [0.5, 0.6) is 0 Å². The number of para-hydroxylation sites is 2. The van der Waals surface area contributed by atoms with E-state index in [1.54, 1.807) is 0 Å². The first-order chi connectivity index (χ1) is 9.97. The average Bonchev–Trinajstić information content (AvgIpc) is 2.81. The van der Waals surface area contributed by atoms with Gasteiger partial charge in [-0.1, -0.05) is 25.5 Å². The Morgan fingerprint density at radius 3 is 2.52 bits per heavy atom. The summed E-state index contributed by atoms with van der Waals surface area (Å²) in [5.41, 5.74) is 8.12. The normalized spacial score (nSPS) is 13.8. The van der Waals surface area contributed by atoms with E-state index >= 15 is 0 Å². The van der Waals surface area contributed by atoms with Crippen molar-refractivity contribution >= 4 is 11.0 Å². The minimum atomic E-state index is 0.0566. The summed E-state index contributed by atoms with van der Waals surface area (Å²) >= 11 is 0. The van der Waals surface area contributed by atoms with Gasteiger partial charge >= 0.3 is 0 Å². The van der Waals surface area contributed by atoms with Crippen LogP contribution in [-0.2, 0) is 12.0 Å². The summed E-state index contributed by atoms with van der Waals surface area (Å²) < 4.78 is 2.40. The summed E-state index contributed by atoms with van der Waals surface area (Å²) in [6.07, 6.45) is 4.52. The first-order valence-electron chi connectivity index (χ1n) is 8.14. The molecule has 2 rings (SSSR count). The molecular formula is C18H29N3. The smallest absolute Gasteiger partial charge is 0.110 e. The Hall–Kier alpha value is -1.35. The third kappa shape index (κ3) is 3.65. The third-order valence-corrected chi connectivity index (χ3v) is 4.23. The van der Waals surface area contributed by atoms with Crippen molar-refractivity contribution in [3.63, 3.8) is 0 Å². The van der Waals surface area contributed by atoms with Gasteiger partial charge in [0.1, 0.15) is 5.82 Å². The van der Waals surface area contributed by atoms with Crippen LogP contribution in [-0.4, -0.2) is 16.1 Å². The molecule has 0 bridgehead atoms. The summed E-state index contributed by atoms with van der Waals surface area (Å²) in [6, 6.07) is 8.45. The Morgan fingerprint density at radius 1 is 1.19 bits per heavy atom. The number of aromatic nitrogens is 2. The average molecular weight is 287 g/mol. The summed E-state index contributed by atoms with van der Waals surface area (Å²) in [5, 5.41) is 0. The molecule has 1 heterocycles. The molecule has 2 N–H and O–H groups in total. The van der Waals surface area contributed by atoms with Crippen molar-refractivity contribution in [2.75, 3.05) is 6.54 Å². The second kappa shape index (κ2) is 6.61. The van der Waals surface area contributed by atoms with Gasteiger partial charge in [-0.15, -0.1) is 0 Å². The number of benzene rings is 1. The van der Waals surface area contributed by atoms with Crippen molar-refractivity contribution < 1.29 is 0 Å². The van der Waals surface area contributed by atoms with Crippen LogP contribution in [0.15, 0.2) is 24.3 Å². The predicted octanol–water partition coefficient (Wildman–Crippen LogP) is 4.10. The molecule has 1 aromatic heterocycles. The highest BCUT2D eigenvalue weighted by Crippen LogP contribution is 2.27. The third-order valence-electron chi connectivity index (χ3n) is 4.23. The summed E-state index contributed by atoms with van der Waals surface area (Å²) in [6.45, 7) is 9.80. The first kappa shape index (κ1) is 16.0. The van der Waals surface area contributed by atoms with Gasteiger partial charge in [-0.2, -0.15) is 0 Å². The Labute approximate surface area is 128 Å². The first-order valence-corrected chi connectivity index (χ1v) is 8.14. The van der Waals surface area contributed by atoms with Gasteiger partial charge in [0.05, 0.1) is 11.0 Å². The Morgan fingerprint density at radius 2 is 1.90 bits per heavy atom. The van der Waals surface area contributed by atoms with Crippen LogP contribution in [0.25, 0.3) is 11.0 Å². The molecule has 116 valence electrons. The van der Waals surface area contributed by atoms with Crippen LogP contribution < -0.4 is 5.73 Å². The van der Waals surface area contributed by atoms with Gasteiger partial charge in [0.25, 0.3) is 0 Å². The zero-order valence-electron chi connectivity index (χ0n) is 13.9. The van der Waals surface area contributed by atoms with E-state index in [2.05, 4.69) is 56.5 Å². The molecule has 2 aromatic rings. The van der Waals surface area contributed by atoms with E-state index < -0.39 is 0 Å². The van der Waals surface area contributed by atoms with E-state index in [0.717, 1.165) is 24.9 Å². The van der Waals surface area contributed by atoms with Gasteiger partial charge in [-0.05, 0) is 58.2 Å². The molecule has 0 radical (unpaired) electrons. The van der Waals surface area contributed by atoms with Crippen molar-refractivity contribution in [1.29, 1.82) is 0 Å². The fourth-order valence-electron chi connectivity index (χ4n) is 3.11. The molecule has 0 saturated carbocycles. The van der Waals surface area contributed by atoms with E-state index in [9.17, 15) is 0 Å². The van der Waals surface area contributed by atoms with E-state index in [1.807, 2.05) is 0 Å². The number of aryl methyl sites for hydroxylation is 1. The van der Waals surface area contributed by atoms with E-state index in [1.165, 1.54) is 24.2 Å². The molecule has 1 aromatic carbocycles. The van der Waals surface area contributed by atoms with Crippen LogP contribution in [0.4, 0.5) is 0 Å². The van der Waals surface area contributed by atoms with Crippen molar-refractivity contribution in [2.24, 2.45) is 11.7 Å². The fourth-order valence-corrected chi connectivity index (χ4v) is 3.11. The molecule has 0 saturated heterocycles. The number of hydrogen-bond acceptors (Lipinski definition) is 2. The minimum Gasteiger partial charge on any atom is -0.330 e. The highest BCUT2D eigenvalue weighted by atomic mass is 15.1. The van der Waals surface area contributed by atoms with Crippen LogP contribution in [0.3, 0.4) is 0 Å². The largest absolute Gasteiger partial charge is 0.330 e. The molecule has 0 aliphatic rings. The number of imidazole rings is 1. The number of fused-ring (bicyclic) bond motifs is 1. The minimum absolute atomic E-state index is 0.0566. The van der Waals surface area contributed by atoms with Crippen molar-refractivity contribution in [3.05, 3.63) is 30.1 Å². The molecular weight excluding hydrogens is 258 g/mol. The van der Waals surface area contributed by atoms with E-state index in [4.69, 9.17) is 10.7 Å². The van der Waals surface area contributed by atoms with E-state index in [-0.39, 0.29) is 5.54 Å². The lowest BCUT2D eigenvalue weighted by atomic mass is 9.96. The number of rotatable bonds is 6. The van der Waals surface area contributed by atoms with Gasteiger partial charge in [-0.3, -0.25) is 0 Å². The molecule has 0 amide bonds. The quantitative estimate of drug-likeness (QED) is 0.869. The monoisotopic (exact) mass is 287 g/mol. The topological polar surface area (TPSA) is 43.8 Å². The predicted molar refractivity (Wildman–Crippen MR) is 90.5 cm³/mol. The van der Waals surface area contributed by atoms with Crippen LogP contribution in [0, 0.1) is 5.92 Å². The highest BCUT2D eigenvalue weighted by molar-refractivity contribution is 5.76. The highest BCUT2D eigenvalue weighted by Gasteiger charge is 2.21. The van der Waals surface area contributed by atoms with Crippen LogP contribution >= 0.6 is 0 Å². The SMILES string of the molecule is CCC(CCN)CCc1nc2ccccc2n1C(C)(C)C. The molecule has 0 spiro atoms. The van der Waals surface area contributed by atoms with Crippen LogP contribution in [0.2, 0.25) is 0 Å². The molecule has 21 heavy (non-hydrogen) atoms. The van der Waals surface area contributed by atoms with Gasteiger partial charge in [0.2, 0.25) is 0 Å². The number of nitrogens with two attached hydrogens (primary N) is 1. The molecule has 3 heteroatoms. The van der Waals surface area contributed by atoms with Crippen molar-refractivity contribution in [1.82, 2.24) is 9.55 Å². The van der Waals surface area contributed by atoms with Crippen molar-refractivity contribution in [2.45, 2.75) is 58.9 Å². The van der Waals surface area contributed by atoms with Gasteiger partial charge in [0.15, 0.2) is 0 Å². The lowest BCUT2D eigenvalue weighted by Gasteiger charge is -2.25. The molecule has 0 aliphatic heterocycles. The second-order valence-corrected chi connectivity index (χ2v) is 6.91. The van der Waals surface area contributed by atoms with Gasteiger partial charge in [-0.25, -0.2) is 4.98 Å². The van der Waals surface area contributed by atoms with Gasteiger partial charge < -0.3 is 10.3 Å². The maximum absolute atomic E-state index is 5.71. The van der Waals surface area contributed by atoms with Gasteiger partial charge in [0, 0.05) is 12.0 Å². The van der Waals surface area contributed by atoms with E-state index in [0.29, 0.717) is 5.92 Å². The fraction of sp³-hybridized carbons (Fsp3) is 0.611. The zero-order chi connectivity index (χ0) is 15.5. The maximum Gasteiger partial charge on any atom is 0.110 e. The lowest BCUT2D eigenvalue weighted by molar-refractivity contribution is 0.379. The Bertz CT molecular complexity index is 578. The Kier molecular flexibility index (Phi) is 5.04. The maximum atomic E-state index is 5.71. The summed E-state index contributed by atoms with van der Waals surface area (Å²) in [7, 11) is 0. The lowest BCUT2D eigenvalue weighted by Crippen LogP contribution is -2.24.